The first-order valence-electron chi connectivity index (χ1n) is 8.96. The van der Waals surface area contributed by atoms with Crippen molar-refractivity contribution >= 4 is 15.7 Å². The quantitative estimate of drug-likeness (QED) is 0.819. The smallest absolute Gasteiger partial charge is 0.238 e. The van der Waals surface area contributed by atoms with Crippen LogP contribution in [0.2, 0.25) is 0 Å². The molecule has 1 heterocycles. The Balaban J connectivity index is 1.76. The minimum Gasteiger partial charge on any atom is -0.379 e. The Morgan fingerprint density at radius 3 is 2.44 bits per heavy atom. The number of hydrogen-bond donors (Lipinski definition) is 1. The molecule has 2 fully saturated rings. The fourth-order valence-electron chi connectivity index (χ4n) is 3.54. The van der Waals surface area contributed by atoms with Gasteiger partial charge in [-0.2, -0.15) is 0 Å². The van der Waals surface area contributed by atoms with E-state index in [0.29, 0.717) is 26.3 Å². The van der Waals surface area contributed by atoms with Crippen molar-refractivity contribution in [3.8, 4) is 0 Å². The monoisotopic (exact) mass is 366 g/mol. The first-order chi connectivity index (χ1) is 12.1. The second-order valence-corrected chi connectivity index (χ2v) is 8.78. The van der Waals surface area contributed by atoms with Crippen LogP contribution in [0.5, 0.6) is 0 Å². The molecule has 1 saturated heterocycles. The molecule has 1 aromatic rings. The van der Waals surface area contributed by atoms with E-state index in [0.717, 1.165) is 25.7 Å². The van der Waals surface area contributed by atoms with Crippen molar-refractivity contribution in [1.82, 2.24) is 10.2 Å². The molecule has 25 heavy (non-hydrogen) atoms. The normalized spacial score (nSPS) is 21.1. The molecule has 0 spiro atoms. The molecule has 0 bridgehead atoms. The number of nitrogens with one attached hydrogen (secondary N) is 1. The lowest BCUT2D eigenvalue weighted by molar-refractivity contribution is -0.128. The first kappa shape index (κ1) is 18.4. The highest BCUT2D eigenvalue weighted by Gasteiger charge is 2.34. The van der Waals surface area contributed by atoms with Gasteiger partial charge in [-0.1, -0.05) is 31.0 Å². The number of rotatable bonds is 6. The predicted molar refractivity (Wildman–Crippen MR) is 95.1 cm³/mol. The molecule has 1 aliphatic heterocycles. The molecule has 6 nitrogen and oxygen atoms in total. The third-order valence-electron chi connectivity index (χ3n) is 4.97. The minimum atomic E-state index is -3.53. The number of nitrogens with zero attached hydrogens (tertiary/aromatic N) is 1. The number of amides is 1. The van der Waals surface area contributed by atoms with Crippen molar-refractivity contribution in [1.29, 1.82) is 0 Å². The van der Waals surface area contributed by atoms with Crippen LogP contribution in [-0.2, 0) is 19.4 Å². The Hall–Kier alpha value is -1.44. The number of carbonyl (C=O) groups is 1. The standard InChI is InChI=1S/C18H26N2O4S/c21-18(19-15-6-4-5-7-15)17(20-10-12-24-13-11-20)14-25(22,23)16-8-2-1-3-9-16/h1-3,8-9,15,17H,4-7,10-14H2,(H,19,21)/t17-/m1/s1. The van der Waals surface area contributed by atoms with Gasteiger partial charge in [0.05, 0.1) is 23.9 Å². The predicted octanol–water partition coefficient (Wildman–Crippen LogP) is 1.22. The highest BCUT2D eigenvalue weighted by molar-refractivity contribution is 7.91. The molecule has 1 aliphatic carbocycles. The van der Waals surface area contributed by atoms with Crippen LogP contribution in [0.4, 0.5) is 0 Å². The van der Waals surface area contributed by atoms with E-state index in [1.165, 1.54) is 0 Å². The lowest BCUT2D eigenvalue weighted by Crippen LogP contribution is -2.55. The van der Waals surface area contributed by atoms with Crippen LogP contribution < -0.4 is 5.32 Å². The number of carbonyl (C=O) groups excluding carboxylic acids is 1. The molecule has 0 radical (unpaired) electrons. The summed E-state index contributed by atoms with van der Waals surface area (Å²) in [4.78, 5) is 15.1. The summed E-state index contributed by atoms with van der Waals surface area (Å²) in [6, 6.07) is 7.86. The molecule has 138 valence electrons. The number of benzene rings is 1. The van der Waals surface area contributed by atoms with Crippen molar-refractivity contribution in [3.05, 3.63) is 30.3 Å². The average Bonchev–Trinajstić information content (AvgIpc) is 3.14. The molecule has 1 amide bonds. The largest absolute Gasteiger partial charge is 0.379 e. The van der Waals surface area contributed by atoms with Gasteiger partial charge >= 0.3 is 0 Å². The summed E-state index contributed by atoms with van der Waals surface area (Å²) >= 11 is 0. The molecule has 1 aromatic carbocycles. The summed E-state index contributed by atoms with van der Waals surface area (Å²) in [7, 11) is -3.53. The van der Waals surface area contributed by atoms with Crippen LogP contribution in [0.1, 0.15) is 25.7 Å². The van der Waals surface area contributed by atoms with E-state index < -0.39 is 15.9 Å². The Bertz CT molecular complexity index is 666. The summed E-state index contributed by atoms with van der Waals surface area (Å²) in [6.45, 7) is 2.21. The highest BCUT2D eigenvalue weighted by Crippen LogP contribution is 2.19. The van der Waals surface area contributed by atoms with E-state index in [1.54, 1.807) is 30.3 Å². The van der Waals surface area contributed by atoms with E-state index in [2.05, 4.69) is 5.32 Å². The molecular weight excluding hydrogens is 340 g/mol. The summed E-state index contributed by atoms with van der Waals surface area (Å²) in [5.41, 5.74) is 0. The second kappa shape index (κ2) is 8.29. The van der Waals surface area contributed by atoms with Crippen LogP contribution >= 0.6 is 0 Å². The van der Waals surface area contributed by atoms with Crippen molar-refractivity contribution < 1.29 is 17.9 Å². The van der Waals surface area contributed by atoms with E-state index in [9.17, 15) is 13.2 Å². The maximum absolute atomic E-state index is 12.8. The van der Waals surface area contributed by atoms with Gasteiger partial charge in [-0.25, -0.2) is 8.42 Å². The van der Waals surface area contributed by atoms with Crippen molar-refractivity contribution in [2.24, 2.45) is 0 Å². The van der Waals surface area contributed by atoms with Gasteiger partial charge in [-0.15, -0.1) is 0 Å². The van der Waals surface area contributed by atoms with Crippen molar-refractivity contribution in [2.75, 3.05) is 32.1 Å². The highest BCUT2D eigenvalue weighted by atomic mass is 32.2. The van der Waals surface area contributed by atoms with E-state index in [-0.39, 0.29) is 22.6 Å². The molecule has 1 atom stereocenters. The zero-order valence-electron chi connectivity index (χ0n) is 14.4. The molecule has 3 rings (SSSR count). The Morgan fingerprint density at radius 1 is 1.16 bits per heavy atom. The summed E-state index contributed by atoms with van der Waals surface area (Å²) in [5.74, 6) is -0.372. The van der Waals surface area contributed by atoms with E-state index in [1.807, 2.05) is 4.90 Å². The number of sulfone groups is 1. The number of ether oxygens (including phenoxy) is 1. The lowest BCUT2D eigenvalue weighted by atomic mass is 10.2. The van der Waals surface area contributed by atoms with Gasteiger partial charge in [0.25, 0.3) is 0 Å². The maximum Gasteiger partial charge on any atom is 0.238 e. The first-order valence-corrected chi connectivity index (χ1v) is 10.6. The van der Waals surface area contributed by atoms with Crippen molar-refractivity contribution in [2.45, 2.75) is 42.7 Å². The minimum absolute atomic E-state index is 0.173. The Kier molecular flexibility index (Phi) is 6.09. The second-order valence-electron chi connectivity index (χ2n) is 6.75. The third kappa shape index (κ3) is 4.80. The van der Waals surface area contributed by atoms with Gasteiger partial charge in [0.2, 0.25) is 5.91 Å². The molecule has 1 saturated carbocycles. The van der Waals surface area contributed by atoms with Gasteiger partial charge in [-0.3, -0.25) is 9.69 Å². The van der Waals surface area contributed by atoms with Crippen LogP contribution in [0.3, 0.4) is 0 Å². The third-order valence-corrected chi connectivity index (χ3v) is 6.72. The topological polar surface area (TPSA) is 75.7 Å². The SMILES string of the molecule is O=C(NC1CCCC1)[C@@H](CS(=O)(=O)c1ccccc1)N1CCOCC1. The van der Waals surface area contributed by atoms with Crippen LogP contribution in [0.15, 0.2) is 35.2 Å². The summed E-state index contributed by atoms with van der Waals surface area (Å²) in [6.07, 6.45) is 4.20. The summed E-state index contributed by atoms with van der Waals surface area (Å²) < 4.78 is 30.9. The molecule has 0 unspecified atom stereocenters. The Labute approximate surface area is 149 Å². The number of morpholine rings is 1. The van der Waals surface area contributed by atoms with Gasteiger partial charge in [0.15, 0.2) is 9.84 Å². The lowest BCUT2D eigenvalue weighted by Gasteiger charge is -2.34. The molecule has 2 aliphatic rings. The van der Waals surface area contributed by atoms with Crippen molar-refractivity contribution in [3.63, 3.8) is 0 Å². The van der Waals surface area contributed by atoms with Gasteiger partial charge < -0.3 is 10.1 Å². The Morgan fingerprint density at radius 2 is 1.80 bits per heavy atom. The molecular formula is C18H26N2O4S. The van der Waals surface area contributed by atoms with E-state index >= 15 is 0 Å². The average molecular weight is 366 g/mol. The molecule has 1 N–H and O–H groups in total. The zero-order valence-corrected chi connectivity index (χ0v) is 15.2. The fourth-order valence-corrected chi connectivity index (χ4v) is 5.08. The van der Waals surface area contributed by atoms with Gasteiger partial charge in [0, 0.05) is 19.1 Å². The van der Waals surface area contributed by atoms with E-state index in [4.69, 9.17) is 4.74 Å². The summed E-state index contributed by atoms with van der Waals surface area (Å²) in [5, 5.41) is 3.06. The van der Waals surface area contributed by atoms with Crippen LogP contribution in [0.25, 0.3) is 0 Å². The van der Waals surface area contributed by atoms with Crippen LogP contribution in [-0.4, -0.2) is 63.4 Å². The molecule has 7 heteroatoms. The zero-order chi connectivity index (χ0) is 17.7. The fraction of sp³-hybridized carbons (Fsp3) is 0.611. The van der Waals surface area contributed by atoms with Gasteiger partial charge in [0.1, 0.15) is 6.04 Å². The van der Waals surface area contributed by atoms with Crippen LogP contribution in [0, 0.1) is 0 Å². The van der Waals surface area contributed by atoms with Gasteiger partial charge in [-0.05, 0) is 25.0 Å². The maximum atomic E-state index is 12.8. The molecule has 0 aromatic heterocycles. The number of hydrogen-bond acceptors (Lipinski definition) is 5.